The highest BCUT2D eigenvalue weighted by Gasteiger charge is 2.15. The van der Waals surface area contributed by atoms with Crippen LogP contribution in [0.15, 0.2) is 48.8 Å². The van der Waals surface area contributed by atoms with Crippen molar-refractivity contribution in [3.8, 4) is 17.0 Å². The number of hydrogen-bond donors (Lipinski definition) is 1. The van der Waals surface area contributed by atoms with Crippen LogP contribution in [0.1, 0.15) is 5.56 Å². The summed E-state index contributed by atoms with van der Waals surface area (Å²) in [6, 6.07) is 10.6. The Morgan fingerprint density at radius 2 is 2.05 bits per heavy atom. The molecule has 0 saturated carbocycles. The molecule has 3 rings (SSSR count). The van der Waals surface area contributed by atoms with Gasteiger partial charge in [0.05, 0.1) is 5.69 Å². The topological polar surface area (TPSA) is 80.9 Å². The molecule has 0 radical (unpaired) electrons. The first-order chi connectivity index (χ1) is 9.92. The zero-order valence-electron chi connectivity index (χ0n) is 11.1. The molecular weight excluding hydrogens is 292 g/mol. The van der Waals surface area contributed by atoms with Gasteiger partial charge in [-0.1, -0.05) is 12.1 Å². The Kier molecular flexibility index (Phi) is 3.15. The Hall–Kier alpha value is -2.38. The molecule has 2 heterocycles. The van der Waals surface area contributed by atoms with Crippen molar-refractivity contribution in [2.75, 3.05) is 0 Å². The molecule has 3 aromatic rings. The van der Waals surface area contributed by atoms with Crippen LogP contribution in [0.25, 0.3) is 16.9 Å². The molecule has 0 unspecified atom stereocenters. The number of aryl methyl sites for hydroxylation is 1. The van der Waals surface area contributed by atoms with Gasteiger partial charge in [0, 0.05) is 18.0 Å². The minimum atomic E-state index is -4.59. The Morgan fingerprint density at radius 3 is 2.76 bits per heavy atom. The van der Waals surface area contributed by atoms with Gasteiger partial charge in [-0.2, -0.15) is 8.42 Å². The minimum absolute atomic E-state index is 0.0425. The van der Waals surface area contributed by atoms with E-state index in [-0.39, 0.29) is 5.75 Å². The lowest BCUT2D eigenvalue weighted by Crippen LogP contribution is -2.07. The molecule has 0 amide bonds. The van der Waals surface area contributed by atoms with Crippen molar-refractivity contribution < 1.29 is 17.2 Å². The molecule has 0 aliphatic carbocycles. The average molecular weight is 304 g/mol. The normalized spacial score (nSPS) is 11.7. The summed E-state index contributed by atoms with van der Waals surface area (Å²) in [4.78, 5) is 4.41. The van der Waals surface area contributed by atoms with Crippen molar-refractivity contribution in [2.45, 2.75) is 6.92 Å². The van der Waals surface area contributed by atoms with Crippen LogP contribution in [0, 0.1) is 6.92 Å². The van der Waals surface area contributed by atoms with E-state index in [2.05, 4.69) is 9.17 Å². The molecule has 0 aliphatic rings. The number of imidazole rings is 1. The third-order valence-corrected chi connectivity index (χ3v) is 3.36. The van der Waals surface area contributed by atoms with Gasteiger partial charge in [-0.3, -0.25) is 4.55 Å². The third kappa shape index (κ3) is 2.88. The van der Waals surface area contributed by atoms with E-state index in [9.17, 15) is 8.42 Å². The lowest BCUT2D eigenvalue weighted by Gasteiger charge is -2.07. The smallest absolute Gasteiger partial charge is 0.361 e. The Morgan fingerprint density at radius 1 is 1.24 bits per heavy atom. The fourth-order valence-corrected chi connectivity index (χ4v) is 2.45. The molecule has 1 N–H and O–H groups in total. The third-order valence-electron chi connectivity index (χ3n) is 2.97. The highest BCUT2D eigenvalue weighted by molar-refractivity contribution is 7.81. The number of fused-ring (bicyclic) bond motifs is 1. The van der Waals surface area contributed by atoms with Crippen LogP contribution in [0.4, 0.5) is 0 Å². The number of benzene rings is 1. The molecule has 0 spiro atoms. The number of nitrogens with zero attached hydrogens (tertiary/aromatic N) is 2. The minimum Gasteiger partial charge on any atom is -0.361 e. The second kappa shape index (κ2) is 4.87. The maximum Gasteiger partial charge on any atom is 0.446 e. The monoisotopic (exact) mass is 304 g/mol. The molecule has 0 bridgehead atoms. The van der Waals surface area contributed by atoms with Crippen molar-refractivity contribution in [1.29, 1.82) is 0 Å². The zero-order valence-corrected chi connectivity index (χ0v) is 11.9. The summed E-state index contributed by atoms with van der Waals surface area (Å²) in [6.45, 7) is 1.80. The van der Waals surface area contributed by atoms with Gasteiger partial charge in [-0.25, -0.2) is 4.98 Å². The predicted octanol–water partition coefficient (Wildman–Crippen LogP) is 2.49. The van der Waals surface area contributed by atoms with Gasteiger partial charge >= 0.3 is 10.4 Å². The van der Waals surface area contributed by atoms with Crippen LogP contribution in [-0.4, -0.2) is 22.4 Å². The molecular formula is C14H12N2O4S. The van der Waals surface area contributed by atoms with E-state index < -0.39 is 10.4 Å². The summed E-state index contributed by atoms with van der Waals surface area (Å²) in [5.74, 6) is 0.0425. The van der Waals surface area contributed by atoms with Gasteiger partial charge < -0.3 is 8.58 Å². The molecule has 0 saturated heterocycles. The van der Waals surface area contributed by atoms with Crippen molar-refractivity contribution >= 4 is 16.0 Å². The van der Waals surface area contributed by atoms with Crippen LogP contribution < -0.4 is 4.18 Å². The van der Waals surface area contributed by atoms with Crippen LogP contribution >= 0.6 is 0 Å². The average Bonchev–Trinajstić information content (AvgIpc) is 2.80. The molecule has 0 atom stereocenters. The molecule has 1 aromatic carbocycles. The summed E-state index contributed by atoms with van der Waals surface area (Å²) in [5.41, 5.74) is 2.58. The quantitative estimate of drug-likeness (QED) is 0.752. The first-order valence-corrected chi connectivity index (χ1v) is 7.50. The van der Waals surface area contributed by atoms with E-state index in [1.807, 2.05) is 34.9 Å². The molecule has 21 heavy (non-hydrogen) atoms. The molecule has 0 fully saturated rings. The van der Waals surface area contributed by atoms with E-state index in [0.29, 0.717) is 11.3 Å². The van der Waals surface area contributed by atoms with E-state index in [1.54, 1.807) is 19.2 Å². The van der Waals surface area contributed by atoms with Gasteiger partial charge in [-0.15, -0.1) is 0 Å². The standard InChI is InChI=1S/C14H12N2O4S/c1-10-5-6-11(13(8-10)20-21(17,18)19)12-9-16-7-3-2-4-14(16)15-12/h2-9H,1H3,(H,17,18,19). The summed E-state index contributed by atoms with van der Waals surface area (Å²) in [5, 5.41) is 0. The molecule has 7 heteroatoms. The van der Waals surface area contributed by atoms with Crippen LogP contribution in [0.2, 0.25) is 0 Å². The van der Waals surface area contributed by atoms with Gasteiger partial charge in [0.2, 0.25) is 0 Å². The maximum absolute atomic E-state index is 11.0. The largest absolute Gasteiger partial charge is 0.446 e. The lowest BCUT2D eigenvalue weighted by atomic mass is 10.1. The number of hydrogen-bond acceptors (Lipinski definition) is 4. The SMILES string of the molecule is Cc1ccc(-c2cn3ccccc3n2)c(OS(=O)(=O)O)c1. The molecule has 108 valence electrons. The molecule has 0 aliphatic heterocycles. The second-order valence-electron chi connectivity index (χ2n) is 4.60. The maximum atomic E-state index is 11.0. The predicted molar refractivity (Wildman–Crippen MR) is 77.5 cm³/mol. The van der Waals surface area contributed by atoms with Crippen molar-refractivity contribution in [3.05, 3.63) is 54.4 Å². The van der Waals surface area contributed by atoms with Gasteiger partial charge in [-0.05, 0) is 36.8 Å². The highest BCUT2D eigenvalue weighted by atomic mass is 32.3. The summed E-state index contributed by atoms with van der Waals surface area (Å²) in [6.07, 6.45) is 3.60. The van der Waals surface area contributed by atoms with Crippen molar-refractivity contribution in [2.24, 2.45) is 0 Å². The number of aromatic nitrogens is 2. The lowest BCUT2D eigenvalue weighted by molar-refractivity contribution is 0.387. The van der Waals surface area contributed by atoms with Crippen LogP contribution in [-0.2, 0) is 10.4 Å². The first kappa shape index (κ1) is 13.6. The Balaban J connectivity index is 2.17. The van der Waals surface area contributed by atoms with Crippen molar-refractivity contribution in [3.63, 3.8) is 0 Å². The summed E-state index contributed by atoms with van der Waals surface area (Å²) < 4.78 is 37.3. The first-order valence-electron chi connectivity index (χ1n) is 6.14. The van der Waals surface area contributed by atoms with Crippen LogP contribution in [0.5, 0.6) is 5.75 Å². The Labute approximate surface area is 121 Å². The molecule has 6 nitrogen and oxygen atoms in total. The van der Waals surface area contributed by atoms with E-state index in [0.717, 1.165) is 11.2 Å². The molecule has 2 aromatic heterocycles. The van der Waals surface area contributed by atoms with E-state index in [1.165, 1.54) is 6.07 Å². The highest BCUT2D eigenvalue weighted by Crippen LogP contribution is 2.31. The zero-order chi connectivity index (χ0) is 15.0. The summed E-state index contributed by atoms with van der Waals surface area (Å²) in [7, 11) is -4.59. The van der Waals surface area contributed by atoms with E-state index >= 15 is 0 Å². The number of rotatable bonds is 3. The fraction of sp³-hybridized carbons (Fsp3) is 0.0714. The Bertz CT molecular complexity index is 883. The second-order valence-corrected chi connectivity index (χ2v) is 5.63. The van der Waals surface area contributed by atoms with Gasteiger partial charge in [0.1, 0.15) is 5.65 Å². The van der Waals surface area contributed by atoms with Crippen molar-refractivity contribution in [1.82, 2.24) is 9.38 Å². The van der Waals surface area contributed by atoms with E-state index in [4.69, 9.17) is 4.55 Å². The summed E-state index contributed by atoms with van der Waals surface area (Å²) >= 11 is 0. The van der Waals surface area contributed by atoms with Gasteiger partial charge in [0.15, 0.2) is 5.75 Å². The van der Waals surface area contributed by atoms with Gasteiger partial charge in [0.25, 0.3) is 0 Å². The number of pyridine rings is 1. The van der Waals surface area contributed by atoms with Crippen LogP contribution in [0.3, 0.4) is 0 Å². The fourth-order valence-electron chi connectivity index (χ4n) is 2.09.